The number of carbonyl (C=O) groups is 1. The van der Waals surface area contributed by atoms with Crippen LogP contribution in [0, 0.1) is 10.1 Å². The van der Waals surface area contributed by atoms with Crippen molar-refractivity contribution >= 4 is 17.4 Å². The highest BCUT2D eigenvalue weighted by molar-refractivity contribution is 5.74. The van der Waals surface area contributed by atoms with Crippen LogP contribution in [0.15, 0.2) is 48.5 Å². The summed E-state index contributed by atoms with van der Waals surface area (Å²) in [6.45, 7) is 0.651. The zero-order chi connectivity index (χ0) is 20.7. The van der Waals surface area contributed by atoms with Crippen LogP contribution < -0.4 is 10.6 Å². The number of rotatable bonds is 7. The third-order valence-corrected chi connectivity index (χ3v) is 3.85. The molecule has 0 aliphatic heterocycles. The van der Waals surface area contributed by atoms with Gasteiger partial charge in [-0.25, -0.2) is 4.79 Å². The summed E-state index contributed by atoms with van der Waals surface area (Å²) in [4.78, 5) is 23.7. The normalized spacial score (nSPS) is 11.0. The van der Waals surface area contributed by atoms with Gasteiger partial charge in [-0.3, -0.25) is 10.1 Å². The Hall–Kier alpha value is -3.30. The molecule has 0 aromatic heterocycles. The van der Waals surface area contributed by atoms with Crippen LogP contribution in [0.5, 0.6) is 0 Å². The molecule has 0 saturated heterocycles. The fourth-order valence-corrected chi connectivity index (χ4v) is 2.44. The summed E-state index contributed by atoms with van der Waals surface area (Å²) >= 11 is 0. The zero-order valence-electron chi connectivity index (χ0n) is 15.0. The highest BCUT2D eigenvalue weighted by atomic mass is 19.4. The van der Waals surface area contributed by atoms with Crippen molar-refractivity contribution in [1.82, 2.24) is 10.2 Å². The van der Waals surface area contributed by atoms with Crippen molar-refractivity contribution in [2.45, 2.75) is 12.7 Å². The Labute approximate surface area is 159 Å². The van der Waals surface area contributed by atoms with Gasteiger partial charge >= 0.3 is 12.2 Å². The number of nitrogens with zero attached hydrogens (tertiary/aromatic N) is 2. The monoisotopic (exact) mass is 396 g/mol. The van der Waals surface area contributed by atoms with Gasteiger partial charge < -0.3 is 15.5 Å². The molecule has 150 valence electrons. The summed E-state index contributed by atoms with van der Waals surface area (Å²) in [7, 11) is 1.62. The SMILES string of the molecule is CN(Cc1ccccc1)C(=O)NCCNc1ccc(C(F)(F)F)cc1[N+](=O)[O-]. The standard InChI is InChI=1S/C18H19F3N4O3/c1-24(12-13-5-3-2-4-6-13)17(26)23-10-9-22-15-8-7-14(18(19,20)21)11-16(15)25(27)28/h2-8,11,22H,9-10,12H2,1H3,(H,23,26). The average molecular weight is 396 g/mol. The lowest BCUT2D eigenvalue weighted by molar-refractivity contribution is -0.384. The number of carbonyl (C=O) groups excluding carboxylic acids is 1. The topological polar surface area (TPSA) is 87.5 Å². The second kappa shape index (κ2) is 9.07. The van der Waals surface area contributed by atoms with Crippen molar-refractivity contribution < 1.29 is 22.9 Å². The molecule has 0 heterocycles. The molecule has 0 spiro atoms. The number of hydrogen-bond acceptors (Lipinski definition) is 4. The molecule has 2 amide bonds. The molecule has 28 heavy (non-hydrogen) atoms. The zero-order valence-corrected chi connectivity index (χ0v) is 15.0. The highest BCUT2D eigenvalue weighted by Crippen LogP contribution is 2.34. The fourth-order valence-electron chi connectivity index (χ4n) is 2.44. The van der Waals surface area contributed by atoms with Crippen molar-refractivity contribution in [1.29, 1.82) is 0 Å². The van der Waals surface area contributed by atoms with Crippen LogP contribution in [-0.2, 0) is 12.7 Å². The number of hydrogen-bond donors (Lipinski definition) is 2. The number of anilines is 1. The van der Waals surface area contributed by atoms with Crippen LogP contribution in [0.2, 0.25) is 0 Å². The summed E-state index contributed by atoms with van der Waals surface area (Å²) in [5, 5.41) is 16.3. The molecule has 0 atom stereocenters. The van der Waals surface area contributed by atoms with E-state index in [9.17, 15) is 28.1 Å². The van der Waals surface area contributed by atoms with E-state index in [1.54, 1.807) is 7.05 Å². The molecule has 0 aliphatic carbocycles. The second-order valence-corrected chi connectivity index (χ2v) is 5.99. The van der Waals surface area contributed by atoms with Gasteiger partial charge in [0, 0.05) is 32.7 Å². The van der Waals surface area contributed by atoms with Gasteiger partial charge in [-0.05, 0) is 17.7 Å². The third kappa shape index (κ3) is 5.86. The summed E-state index contributed by atoms with van der Waals surface area (Å²) < 4.78 is 38.1. The van der Waals surface area contributed by atoms with Gasteiger partial charge in [0.15, 0.2) is 0 Å². The minimum absolute atomic E-state index is 0.0510. The number of nitrogens with one attached hydrogen (secondary N) is 2. The van der Waals surface area contributed by atoms with Gasteiger partial charge in [-0.1, -0.05) is 30.3 Å². The quantitative estimate of drug-likeness (QED) is 0.423. The second-order valence-electron chi connectivity index (χ2n) is 5.99. The Morgan fingerprint density at radius 2 is 1.82 bits per heavy atom. The molecule has 2 aromatic rings. The summed E-state index contributed by atoms with van der Waals surface area (Å²) in [6.07, 6.45) is -4.67. The van der Waals surface area contributed by atoms with Gasteiger partial charge in [0.1, 0.15) is 5.69 Å². The van der Waals surface area contributed by atoms with Crippen molar-refractivity contribution in [3.63, 3.8) is 0 Å². The van der Waals surface area contributed by atoms with Crippen LogP contribution >= 0.6 is 0 Å². The maximum atomic E-state index is 12.7. The summed E-state index contributed by atoms with van der Waals surface area (Å²) in [6, 6.07) is 11.3. The number of halogens is 3. The molecule has 2 rings (SSSR count). The van der Waals surface area contributed by atoms with E-state index in [2.05, 4.69) is 10.6 Å². The largest absolute Gasteiger partial charge is 0.416 e. The van der Waals surface area contributed by atoms with Gasteiger partial charge in [0.2, 0.25) is 0 Å². The Balaban J connectivity index is 1.87. The van der Waals surface area contributed by atoms with Gasteiger partial charge in [-0.2, -0.15) is 13.2 Å². The molecule has 0 unspecified atom stereocenters. The molecular formula is C18H19F3N4O3. The molecule has 7 nitrogen and oxygen atoms in total. The van der Waals surface area contributed by atoms with Crippen molar-refractivity contribution in [2.24, 2.45) is 0 Å². The minimum Gasteiger partial charge on any atom is -0.378 e. The molecule has 0 fully saturated rings. The number of amides is 2. The van der Waals surface area contributed by atoms with E-state index in [1.807, 2.05) is 30.3 Å². The van der Waals surface area contributed by atoms with E-state index >= 15 is 0 Å². The molecule has 0 saturated carbocycles. The number of nitro benzene ring substituents is 1. The maximum Gasteiger partial charge on any atom is 0.416 e. The van der Waals surface area contributed by atoms with Gasteiger partial charge in [-0.15, -0.1) is 0 Å². The number of benzene rings is 2. The van der Waals surface area contributed by atoms with Crippen LogP contribution in [0.3, 0.4) is 0 Å². The fraction of sp³-hybridized carbons (Fsp3) is 0.278. The Bertz CT molecular complexity index is 829. The summed E-state index contributed by atoms with van der Waals surface area (Å²) in [5.41, 5.74) is -0.869. The van der Waals surface area contributed by atoms with Crippen LogP contribution in [0.4, 0.5) is 29.3 Å². The van der Waals surface area contributed by atoms with E-state index < -0.39 is 22.4 Å². The van der Waals surface area contributed by atoms with E-state index in [0.717, 1.165) is 17.7 Å². The Morgan fingerprint density at radius 1 is 1.14 bits per heavy atom. The first-order chi connectivity index (χ1) is 13.2. The van der Waals surface area contributed by atoms with Crippen LogP contribution in [0.25, 0.3) is 0 Å². The minimum atomic E-state index is -4.67. The van der Waals surface area contributed by atoms with E-state index in [0.29, 0.717) is 12.6 Å². The first kappa shape index (κ1) is 21.0. The first-order valence-corrected chi connectivity index (χ1v) is 8.31. The van der Waals surface area contributed by atoms with E-state index in [1.165, 1.54) is 4.90 Å². The van der Waals surface area contributed by atoms with E-state index in [-0.39, 0.29) is 24.8 Å². The predicted octanol–water partition coefficient (Wildman–Crippen LogP) is 3.87. The van der Waals surface area contributed by atoms with Crippen LogP contribution in [-0.4, -0.2) is 36.0 Å². The molecule has 2 aromatic carbocycles. The molecule has 0 bridgehead atoms. The molecular weight excluding hydrogens is 377 g/mol. The highest BCUT2D eigenvalue weighted by Gasteiger charge is 2.33. The first-order valence-electron chi connectivity index (χ1n) is 8.31. The number of alkyl halides is 3. The van der Waals surface area contributed by atoms with Crippen molar-refractivity contribution in [3.8, 4) is 0 Å². The van der Waals surface area contributed by atoms with E-state index in [4.69, 9.17) is 0 Å². The maximum absolute atomic E-state index is 12.7. The van der Waals surface area contributed by atoms with Crippen molar-refractivity contribution in [3.05, 3.63) is 69.8 Å². The lowest BCUT2D eigenvalue weighted by Gasteiger charge is -2.18. The van der Waals surface area contributed by atoms with Crippen LogP contribution in [0.1, 0.15) is 11.1 Å². The smallest absolute Gasteiger partial charge is 0.378 e. The third-order valence-electron chi connectivity index (χ3n) is 3.85. The molecule has 10 heteroatoms. The summed E-state index contributed by atoms with van der Waals surface area (Å²) in [5.74, 6) is 0. The lowest BCUT2D eigenvalue weighted by atomic mass is 10.1. The predicted molar refractivity (Wildman–Crippen MR) is 97.9 cm³/mol. The lowest BCUT2D eigenvalue weighted by Crippen LogP contribution is -2.39. The number of nitro groups is 1. The van der Waals surface area contributed by atoms with Gasteiger partial charge in [0.05, 0.1) is 10.5 Å². The molecule has 0 aliphatic rings. The Kier molecular flexibility index (Phi) is 6.80. The average Bonchev–Trinajstić information content (AvgIpc) is 2.64. The Morgan fingerprint density at radius 3 is 2.43 bits per heavy atom. The van der Waals surface area contributed by atoms with Crippen molar-refractivity contribution in [2.75, 3.05) is 25.5 Å². The molecule has 0 radical (unpaired) electrons. The van der Waals surface area contributed by atoms with Gasteiger partial charge in [0.25, 0.3) is 5.69 Å². The number of urea groups is 1. The molecule has 2 N–H and O–H groups in total.